The molecule has 5 heteroatoms. The van der Waals surface area contributed by atoms with Crippen molar-refractivity contribution >= 4 is 5.91 Å². The zero-order valence-electron chi connectivity index (χ0n) is 14.0. The summed E-state index contributed by atoms with van der Waals surface area (Å²) in [5, 5.41) is 3.42. The Morgan fingerprint density at radius 2 is 2.13 bits per heavy atom. The van der Waals surface area contributed by atoms with E-state index in [1.54, 1.807) is 0 Å². The highest BCUT2D eigenvalue weighted by Gasteiger charge is 2.42. The molecule has 1 saturated heterocycles. The molecule has 2 unspecified atom stereocenters. The third-order valence-corrected chi connectivity index (χ3v) is 4.92. The summed E-state index contributed by atoms with van der Waals surface area (Å²) in [6.45, 7) is 6.76. The molecule has 1 fully saturated rings. The Morgan fingerprint density at radius 1 is 1.35 bits per heavy atom. The van der Waals surface area contributed by atoms with Gasteiger partial charge in [0.2, 0.25) is 5.91 Å². The number of ether oxygens (including phenoxy) is 2. The van der Waals surface area contributed by atoms with Crippen molar-refractivity contribution in [3.8, 4) is 11.5 Å². The maximum atomic E-state index is 13.0. The van der Waals surface area contributed by atoms with Crippen molar-refractivity contribution in [2.45, 2.75) is 44.8 Å². The van der Waals surface area contributed by atoms with E-state index >= 15 is 0 Å². The predicted octanol–water partition coefficient (Wildman–Crippen LogP) is 2.21. The van der Waals surface area contributed by atoms with Crippen molar-refractivity contribution in [3.63, 3.8) is 0 Å². The highest BCUT2D eigenvalue weighted by Crippen LogP contribution is 2.31. The van der Waals surface area contributed by atoms with Crippen molar-refractivity contribution < 1.29 is 14.3 Å². The first-order valence-corrected chi connectivity index (χ1v) is 8.61. The number of para-hydroxylation sites is 2. The Labute approximate surface area is 137 Å². The second kappa shape index (κ2) is 6.79. The average Bonchev–Trinajstić information content (AvgIpc) is 3.09. The summed E-state index contributed by atoms with van der Waals surface area (Å²) >= 11 is 0. The summed E-state index contributed by atoms with van der Waals surface area (Å²) in [6, 6.07) is 7.68. The van der Waals surface area contributed by atoms with E-state index in [0.29, 0.717) is 19.7 Å². The van der Waals surface area contributed by atoms with Crippen LogP contribution < -0.4 is 14.8 Å². The number of benzene rings is 1. The third kappa shape index (κ3) is 3.15. The maximum absolute atomic E-state index is 13.0. The van der Waals surface area contributed by atoms with Crippen LogP contribution in [0.25, 0.3) is 0 Å². The standard InChI is InChI=1S/C18H26N2O3/c1-3-18(10-7-11-19-18)17(21)20(4-2)12-14-13-22-15-8-5-6-9-16(15)23-14/h5-6,8-9,14,19H,3-4,7,10-13H2,1-2H3. The summed E-state index contributed by atoms with van der Waals surface area (Å²) in [6.07, 6.45) is 2.69. The lowest BCUT2D eigenvalue weighted by Gasteiger charge is -2.36. The van der Waals surface area contributed by atoms with Crippen molar-refractivity contribution in [2.75, 3.05) is 26.2 Å². The molecule has 1 aromatic rings. The van der Waals surface area contributed by atoms with Gasteiger partial charge in [0.05, 0.1) is 12.1 Å². The predicted molar refractivity (Wildman–Crippen MR) is 88.9 cm³/mol. The Hall–Kier alpha value is -1.75. The lowest BCUT2D eigenvalue weighted by Crippen LogP contribution is -2.56. The van der Waals surface area contributed by atoms with E-state index in [2.05, 4.69) is 12.2 Å². The molecule has 0 aromatic heterocycles. The van der Waals surface area contributed by atoms with Crippen LogP contribution in [-0.4, -0.2) is 48.7 Å². The van der Waals surface area contributed by atoms with Gasteiger partial charge in [0, 0.05) is 6.54 Å². The Balaban J connectivity index is 1.67. The van der Waals surface area contributed by atoms with E-state index in [0.717, 1.165) is 37.3 Å². The van der Waals surface area contributed by atoms with Crippen LogP contribution in [0, 0.1) is 0 Å². The largest absolute Gasteiger partial charge is 0.486 e. The molecule has 2 atom stereocenters. The van der Waals surface area contributed by atoms with Crippen molar-refractivity contribution in [2.24, 2.45) is 0 Å². The number of likely N-dealkylation sites (N-methyl/N-ethyl adjacent to an activating group) is 1. The molecule has 0 saturated carbocycles. The molecule has 1 N–H and O–H groups in total. The fraction of sp³-hybridized carbons (Fsp3) is 0.611. The number of hydrogen-bond acceptors (Lipinski definition) is 4. The van der Waals surface area contributed by atoms with Crippen LogP contribution in [-0.2, 0) is 4.79 Å². The molecule has 0 radical (unpaired) electrons. The van der Waals surface area contributed by atoms with Gasteiger partial charge in [0.15, 0.2) is 17.6 Å². The van der Waals surface area contributed by atoms with Gasteiger partial charge in [-0.1, -0.05) is 19.1 Å². The van der Waals surface area contributed by atoms with Crippen LogP contribution in [0.1, 0.15) is 33.1 Å². The van der Waals surface area contributed by atoms with Gasteiger partial charge >= 0.3 is 0 Å². The molecule has 0 spiro atoms. The van der Waals surface area contributed by atoms with Crippen molar-refractivity contribution in [3.05, 3.63) is 24.3 Å². The number of fused-ring (bicyclic) bond motifs is 1. The zero-order chi connectivity index (χ0) is 16.3. The molecule has 5 nitrogen and oxygen atoms in total. The van der Waals surface area contributed by atoms with Gasteiger partial charge < -0.3 is 19.7 Å². The molecule has 126 valence electrons. The minimum absolute atomic E-state index is 0.121. The van der Waals surface area contributed by atoms with E-state index in [-0.39, 0.29) is 17.6 Å². The summed E-state index contributed by atoms with van der Waals surface area (Å²) in [7, 11) is 0. The van der Waals surface area contributed by atoms with Gasteiger partial charge in [-0.05, 0) is 44.9 Å². The quantitative estimate of drug-likeness (QED) is 0.904. The molecular formula is C18H26N2O3. The normalized spacial score (nSPS) is 26.1. The highest BCUT2D eigenvalue weighted by molar-refractivity contribution is 5.86. The number of carbonyl (C=O) groups excluding carboxylic acids is 1. The van der Waals surface area contributed by atoms with E-state index in [4.69, 9.17) is 9.47 Å². The zero-order valence-corrected chi connectivity index (χ0v) is 14.0. The van der Waals surface area contributed by atoms with Gasteiger partial charge in [0.1, 0.15) is 6.61 Å². The van der Waals surface area contributed by atoms with E-state index in [9.17, 15) is 4.79 Å². The van der Waals surface area contributed by atoms with Crippen LogP contribution in [0.3, 0.4) is 0 Å². The summed E-state index contributed by atoms with van der Waals surface area (Å²) in [5.41, 5.74) is -0.385. The van der Waals surface area contributed by atoms with Gasteiger partial charge in [0.25, 0.3) is 0 Å². The summed E-state index contributed by atoms with van der Waals surface area (Å²) < 4.78 is 11.8. The van der Waals surface area contributed by atoms with Crippen LogP contribution in [0.5, 0.6) is 11.5 Å². The van der Waals surface area contributed by atoms with Crippen molar-refractivity contribution in [1.82, 2.24) is 10.2 Å². The summed E-state index contributed by atoms with van der Waals surface area (Å²) in [4.78, 5) is 14.9. The van der Waals surface area contributed by atoms with Gasteiger partial charge in [-0.15, -0.1) is 0 Å². The molecule has 0 aliphatic carbocycles. The van der Waals surface area contributed by atoms with E-state index in [1.807, 2.05) is 36.1 Å². The molecule has 1 amide bonds. The molecule has 3 rings (SSSR count). The minimum atomic E-state index is -0.385. The van der Waals surface area contributed by atoms with Crippen LogP contribution in [0.4, 0.5) is 0 Å². The Kier molecular flexibility index (Phi) is 4.76. The van der Waals surface area contributed by atoms with Crippen LogP contribution in [0.15, 0.2) is 24.3 Å². The number of nitrogens with zero attached hydrogens (tertiary/aromatic N) is 1. The lowest BCUT2D eigenvalue weighted by atomic mass is 9.92. The van der Waals surface area contributed by atoms with Crippen LogP contribution in [0.2, 0.25) is 0 Å². The first-order chi connectivity index (χ1) is 11.2. The second-order valence-electron chi connectivity index (χ2n) is 6.31. The highest BCUT2D eigenvalue weighted by atomic mass is 16.6. The molecular weight excluding hydrogens is 292 g/mol. The van der Waals surface area contributed by atoms with E-state index < -0.39 is 0 Å². The topological polar surface area (TPSA) is 50.8 Å². The summed E-state index contributed by atoms with van der Waals surface area (Å²) in [5.74, 6) is 1.74. The first-order valence-electron chi connectivity index (χ1n) is 8.61. The Morgan fingerprint density at radius 3 is 2.78 bits per heavy atom. The van der Waals surface area contributed by atoms with Crippen LogP contribution >= 0.6 is 0 Å². The molecule has 2 aliphatic rings. The average molecular weight is 318 g/mol. The fourth-order valence-corrected chi connectivity index (χ4v) is 3.50. The molecule has 0 bridgehead atoms. The molecule has 2 heterocycles. The van der Waals surface area contributed by atoms with Gasteiger partial charge in [-0.25, -0.2) is 0 Å². The maximum Gasteiger partial charge on any atom is 0.242 e. The van der Waals surface area contributed by atoms with Gasteiger partial charge in [-0.2, -0.15) is 0 Å². The SMILES string of the molecule is CCN(CC1COc2ccccc2O1)C(=O)C1(CC)CCCN1. The number of nitrogens with one attached hydrogen (secondary N) is 1. The molecule has 23 heavy (non-hydrogen) atoms. The monoisotopic (exact) mass is 318 g/mol. The number of carbonyl (C=O) groups is 1. The third-order valence-electron chi connectivity index (χ3n) is 4.92. The number of rotatable bonds is 5. The second-order valence-corrected chi connectivity index (χ2v) is 6.31. The first kappa shape index (κ1) is 16.1. The number of hydrogen-bond donors (Lipinski definition) is 1. The molecule has 1 aromatic carbocycles. The van der Waals surface area contributed by atoms with Crippen molar-refractivity contribution in [1.29, 1.82) is 0 Å². The smallest absolute Gasteiger partial charge is 0.242 e. The number of amides is 1. The lowest BCUT2D eigenvalue weighted by molar-refractivity contribution is -0.139. The Bertz CT molecular complexity index is 555. The van der Waals surface area contributed by atoms with E-state index in [1.165, 1.54) is 0 Å². The minimum Gasteiger partial charge on any atom is -0.486 e. The van der Waals surface area contributed by atoms with Gasteiger partial charge in [-0.3, -0.25) is 4.79 Å². The molecule has 2 aliphatic heterocycles. The fourth-order valence-electron chi connectivity index (χ4n) is 3.50.